The Morgan fingerprint density at radius 2 is 2.12 bits per heavy atom. The van der Waals surface area contributed by atoms with Crippen molar-refractivity contribution in [3.05, 3.63) is 24.4 Å². The van der Waals surface area contributed by atoms with Crippen LogP contribution < -0.4 is 4.74 Å². The first-order valence-corrected chi connectivity index (χ1v) is 5.77. The molecule has 0 saturated carbocycles. The molecule has 1 rings (SSSR count). The van der Waals surface area contributed by atoms with Gasteiger partial charge in [0.05, 0.1) is 5.41 Å². The van der Waals surface area contributed by atoms with Gasteiger partial charge in [0.25, 0.3) is 0 Å². The molecule has 1 aromatic rings. The van der Waals surface area contributed by atoms with Gasteiger partial charge in [-0.25, -0.2) is 4.98 Å². The van der Waals surface area contributed by atoms with Crippen LogP contribution in [0, 0.1) is 5.41 Å². The normalized spacial score (nSPS) is 11.0. The van der Waals surface area contributed by atoms with E-state index >= 15 is 0 Å². The van der Waals surface area contributed by atoms with Crippen LogP contribution in [0.2, 0.25) is 0 Å². The summed E-state index contributed by atoms with van der Waals surface area (Å²) in [6.45, 7) is 6.27. The standard InChI is InChI=1S/C13H19NO3/c1-4-13(2,3)12(15)17-10-9-16-11-7-5-6-8-14-11/h5-8H,4,9-10H2,1-3H3. The first kappa shape index (κ1) is 13.5. The van der Waals surface area contributed by atoms with E-state index in [1.54, 1.807) is 12.3 Å². The Morgan fingerprint density at radius 1 is 1.35 bits per heavy atom. The van der Waals surface area contributed by atoms with Crippen LogP contribution in [0.3, 0.4) is 0 Å². The van der Waals surface area contributed by atoms with Gasteiger partial charge in [0.1, 0.15) is 13.2 Å². The highest BCUT2D eigenvalue weighted by Crippen LogP contribution is 2.21. The van der Waals surface area contributed by atoms with E-state index < -0.39 is 5.41 Å². The summed E-state index contributed by atoms with van der Waals surface area (Å²) in [4.78, 5) is 15.6. The van der Waals surface area contributed by atoms with Crippen molar-refractivity contribution in [2.75, 3.05) is 13.2 Å². The summed E-state index contributed by atoms with van der Waals surface area (Å²) >= 11 is 0. The van der Waals surface area contributed by atoms with Crippen LogP contribution in [0.4, 0.5) is 0 Å². The van der Waals surface area contributed by atoms with E-state index in [1.807, 2.05) is 32.9 Å². The number of carbonyl (C=O) groups excluding carboxylic acids is 1. The average Bonchev–Trinajstić information content (AvgIpc) is 2.35. The molecular weight excluding hydrogens is 218 g/mol. The monoisotopic (exact) mass is 237 g/mol. The fraction of sp³-hybridized carbons (Fsp3) is 0.538. The number of nitrogens with zero attached hydrogens (tertiary/aromatic N) is 1. The Bertz CT molecular complexity index is 349. The third kappa shape index (κ3) is 4.43. The fourth-order valence-corrected chi connectivity index (χ4v) is 1.05. The van der Waals surface area contributed by atoms with Gasteiger partial charge in [0.2, 0.25) is 5.88 Å². The third-order valence-electron chi connectivity index (χ3n) is 2.64. The average molecular weight is 237 g/mol. The first-order chi connectivity index (χ1) is 8.06. The molecule has 0 saturated heterocycles. The number of pyridine rings is 1. The highest BCUT2D eigenvalue weighted by atomic mass is 16.6. The van der Waals surface area contributed by atoms with Gasteiger partial charge in [0, 0.05) is 12.3 Å². The van der Waals surface area contributed by atoms with E-state index in [9.17, 15) is 4.79 Å². The van der Waals surface area contributed by atoms with Crippen molar-refractivity contribution in [2.45, 2.75) is 27.2 Å². The molecule has 0 aliphatic rings. The molecule has 0 unspecified atom stereocenters. The molecule has 0 aliphatic carbocycles. The van der Waals surface area contributed by atoms with Gasteiger partial charge in [-0.05, 0) is 26.3 Å². The molecule has 0 aliphatic heterocycles. The number of esters is 1. The summed E-state index contributed by atoms with van der Waals surface area (Å²) in [5, 5.41) is 0. The minimum Gasteiger partial charge on any atom is -0.474 e. The van der Waals surface area contributed by atoms with Gasteiger partial charge >= 0.3 is 5.97 Å². The number of ether oxygens (including phenoxy) is 2. The van der Waals surface area contributed by atoms with Crippen molar-refractivity contribution in [3.8, 4) is 5.88 Å². The third-order valence-corrected chi connectivity index (χ3v) is 2.64. The number of hydrogen-bond acceptors (Lipinski definition) is 4. The van der Waals surface area contributed by atoms with Crippen LogP contribution in [0.25, 0.3) is 0 Å². The van der Waals surface area contributed by atoms with Crippen LogP contribution in [0.15, 0.2) is 24.4 Å². The van der Waals surface area contributed by atoms with Crippen molar-refractivity contribution in [1.29, 1.82) is 0 Å². The molecule has 0 fully saturated rings. The summed E-state index contributed by atoms with van der Waals surface area (Å²) in [6, 6.07) is 5.42. The van der Waals surface area contributed by atoms with E-state index in [0.29, 0.717) is 12.5 Å². The minimum absolute atomic E-state index is 0.190. The molecule has 0 bridgehead atoms. The van der Waals surface area contributed by atoms with E-state index in [4.69, 9.17) is 9.47 Å². The smallest absolute Gasteiger partial charge is 0.311 e. The second-order valence-corrected chi connectivity index (χ2v) is 4.39. The van der Waals surface area contributed by atoms with Crippen molar-refractivity contribution >= 4 is 5.97 Å². The summed E-state index contributed by atoms with van der Waals surface area (Å²) in [5.74, 6) is 0.350. The lowest BCUT2D eigenvalue weighted by Gasteiger charge is -2.20. The molecule has 0 N–H and O–H groups in total. The predicted octanol–water partition coefficient (Wildman–Crippen LogP) is 2.44. The fourth-order valence-electron chi connectivity index (χ4n) is 1.05. The molecule has 4 nitrogen and oxygen atoms in total. The second kappa shape index (κ2) is 6.23. The summed E-state index contributed by atoms with van der Waals surface area (Å²) in [7, 11) is 0. The van der Waals surface area contributed by atoms with Crippen LogP contribution in [0.1, 0.15) is 27.2 Å². The van der Waals surface area contributed by atoms with Crippen molar-refractivity contribution in [1.82, 2.24) is 4.98 Å². The first-order valence-electron chi connectivity index (χ1n) is 5.77. The molecule has 0 radical (unpaired) electrons. The predicted molar refractivity (Wildman–Crippen MR) is 64.8 cm³/mol. The van der Waals surface area contributed by atoms with Crippen molar-refractivity contribution in [2.24, 2.45) is 5.41 Å². The van der Waals surface area contributed by atoms with Gasteiger partial charge in [-0.3, -0.25) is 4.79 Å². The van der Waals surface area contributed by atoms with Gasteiger partial charge in [-0.2, -0.15) is 0 Å². The number of aromatic nitrogens is 1. The Morgan fingerprint density at radius 3 is 2.71 bits per heavy atom. The van der Waals surface area contributed by atoms with Crippen LogP contribution >= 0.6 is 0 Å². The highest BCUT2D eigenvalue weighted by molar-refractivity contribution is 5.75. The van der Waals surface area contributed by atoms with E-state index in [-0.39, 0.29) is 12.6 Å². The molecule has 0 atom stereocenters. The Labute approximate surface area is 102 Å². The van der Waals surface area contributed by atoms with Crippen LogP contribution in [-0.2, 0) is 9.53 Å². The maximum absolute atomic E-state index is 11.6. The molecular formula is C13H19NO3. The Hall–Kier alpha value is -1.58. The van der Waals surface area contributed by atoms with Gasteiger partial charge in [0.15, 0.2) is 0 Å². The maximum Gasteiger partial charge on any atom is 0.311 e. The quantitative estimate of drug-likeness (QED) is 0.563. The summed E-state index contributed by atoms with van der Waals surface area (Å²) < 4.78 is 10.4. The molecule has 0 spiro atoms. The summed E-state index contributed by atoms with van der Waals surface area (Å²) in [6.07, 6.45) is 2.41. The molecule has 4 heteroatoms. The Balaban J connectivity index is 2.23. The number of carbonyl (C=O) groups is 1. The van der Waals surface area contributed by atoms with Crippen LogP contribution in [0.5, 0.6) is 5.88 Å². The topological polar surface area (TPSA) is 48.4 Å². The van der Waals surface area contributed by atoms with Crippen molar-refractivity contribution < 1.29 is 14.3 Å². The lowest BCUT2D eigenvalue weighted by Crippen LogP contribution is -2.27. The van der Waals surface area contributed by atoms with Gasteiger partial charge < -0.3 is 9.47 Å². The second-order valence-electron chi connectivity index (χ2n) is 4.39. The lowest BCUT2D eigenvalue weighted by atomic mass is 9.91. The molecule has 1 aromatic heterocycles. The molecule has 94 valence electrons. The van der Waals surface area contributed by atoms with Gasteiger partial charge in [-0.1, -0.05) is 13.0 Å². The zero-order valence-corrected chi connectivity index (χ0v) is 10.6. The van der Waals surface area contributed by atoms with Crippen molar-refractivity contribution in [3.63, 3.8) is 0 Å². The molecule has 0 amide bonds. The number of rotatable bonds is 6. The zero-order valence-electron chi connectivity index (χ0n) is 10.6. The minimum atomic E-state index is -0.426. The SMILES string of the molecule is CCC(C)(C)C(=O)OCCOc1ccccn1. The van der Waals surface area contributed by atoms with E-state index in [1.165, 1.54) is 0 Å². The van der Waals surface area contributed by atoms with E-state index in [0.717, 1.165) is 6.42 Å². The Kier molecular flexibility index (Phi) is 4.94. The highest BCUT2D eigenvalue weighted by Gasteiger charge is 2.26. The summed E-state index contributed by atoms with van der Waals surface area (Å²) in [5.41, 5.74) is -0.426. The lowest BCUT2D eigenvalue weighted by molar-refractivity contribution is -0.154. The van der Waals surface area contributed by atoms with Gasteiger partial charge in [-0.15, -0.1) is 0 Å². The molecule has 1 heterocycles. The molecule has 17 heavy (non-hydrogen) atoms. The van der Waals surface area contributed by atoms with Crippen LogP contribution in [-0.4, -0.2) is 24.2 Å². The zero-order chi connectivity index (χ0) is 12.7. The number of hydrogen-bond donors (Lipinski definition) is 0. The largest absolute Gasteiger partial charge is 0.474 e. The van der Waals surface area contributed by atoms with E-state index in [2.05, 4.69) is 4.98 Å². The molecule has 0 aromatic carbocycles. The maximum atomic E-state index is 11.6.